The molecule has 2 rings (SSSR count). The Hall–Kier alpha value is -2.47. The number of nitrogens with zero attached hydrogens (tertiary/aromatic N) is 4. The van der Waals surface area contributed by atoms with Crippen molar-refractivity contribution >= 4 is 13.7 Å². The van der Waals surface area contributed by atoms with Crippen LogP contribution in [-0.2, 0) is 27.9 Å². The molecule has 1 aromatic heterocycles. The molecule has 1 fully saturated rings. The van der Waals surface area contributed by atoms with Crippen molar-refractivity contribution in [2.75, 3.05) is 20.3 Å². The summed E-state index contributed by atoms with van der Waals surface area (Å²) in [4.78, 5) is 41.2. The number of azide groups is 1. The molecule has 0 spiro atoms. The smallest absolute Gasteiger partial charge is 0.406 e. The van der Waals surface area contributed by atoms with Gasteiger partial charge in [-0.25, -0.2) is 14.4 Å². The number of methoxy groups -OCH3 is 1. The van der Waals surface area contributed by atoms with Gasteiger partial charge in [0.05, 0.1) is 32.5 Å². The number of unbranched alkanes of at least 4 members (excludes halogenated alkanes) is 1. The van der Waals surface area contributed by atoms with Crippen LogP contribution in [0.15, 0.2) is 20.9 Å². The van der Waals surface area contributed by atoms with Crippen LogP contribution in [0.5, 0.6) is 0 Å². The van der Waals surface area contributed by atoms with E-state index in [9.17, 15) is 18.9 Å². The van der Waals surface area contributed by atoms with E-state index in [2.05, 4.69) is 20.1 Å². The number of aryl methyl sites for hydroxylation is 1. The van der Waals surface area contributed by atoms with Crippen LogP contribution in [0.2, 0.25) is 0 Å². The van der Waals surface area contributed by atoms with Gasteiger partial charge in [-0.15, -0.1) is 0 Å². The van der Waals surface area contributed by atoms with Crippen molar-refractivity contribution < 1.29 is 27.9 Å². The van der Waals surface area contributed by atoms with E-state index in [0.717, 1.165) is 6.42 Å². The third-order valence-corrected chi connectivity index (χ3v) is 7.05. The summed E-state index contributed by atoms with van der Waals surface area (Å²) in [5.74, 6) is -0.910. The van der Waals surface area contributed by atoms with Crippen molar-refractivity contribution in [1.29, 1.82) is 0 Å². The molecule has 0 saturated carbocycles. The van der Waals surface area contributed by atoms with Gasteiger partial charge in [0.25, 0.3) is 5.56 Å². The second kappa shape index (κ2) is 13.0. The highest BCUT2D eigenvalue weighted by atomic mass is 31.2. The Balaban J connectivity index is 2.24. The van der Waals surface area contributed by atoms with E-state index in [1.54, 1.807) is 13.8 Å². The van der Waals surface area contributed by atoms with E-state index < -0.39 is 49.4 Å². The zero-order valence-electron chi connectivity index (χ0n) is 20.5. The van der Waals surface area contributed by atoms with Gasteiger partial charge in [0.1, 0.15) is 12.3 Å². The Morgan fingerprint density at radius 2 is 2.14 bits per heavy atom. The van der Waals surface area contributed by atoms with Crippen LogP contribution in [0.25, 0.3) is 10.4 Å². The topological polar surface area (TPSA) is 187 Å². The van der Waals surface area contributed by atoms with Gasteiger partial charge in [-0.3, -0.25) is 28.2 Å². The van der Waals surface area contributed by atoms with Gasteiger partial charge < -0.3 is 9.47 Å². The second-order valence-electron chi connectivity index (χ2n) is 8.47. The van der Waals surface area contributed by atoms with Gasteiger partial charge >= 0.3 is 19.4 Å². The average Bonchev–Trinajstić information content (AvgIpc) is 3.21. The monoisotopic (exact) mass is 516 g/mol. The molecule has 0 amide bonds. The van der Waals surface area contributed by atoms with Gasteiger partial charge in [-0.1, -0.05) is 32.3 Å². The van der Waals surface area contributed by atoms with Crippen LogP contribution in [-0.4, -0.2) is 54.0 Å². The number of carbonyl (C=O) groups is 1. The maximum absolute atomic E-state index is 13.5. The van der Waals surface area contributed by atoms with Crippen LogP contribution in [0, 0.1) is 12.8 Å². The predicted octanol–water partition coefficient (Wildman–Crippen LogP) is 2.54. The summed E-state index contributed by atoms with van der Waals surface area (Å²) in [6, 6.07) is -1.71. The normalized spacial score (nSPS) is 22.4. The van der Waals surface area contributed by atoms with E-state index in [1.165, 1.54) is 24.8 Å². The first-order valence-corrected chi connectivity index (χ1v) is 12.9. The minimum Gasteiger partial charge on any atom is -0.468 e. The first-order valence-electron chi connectivity index (χ1n) is 11.3. The molecule has 196 valence electrons. The molecule has 1 aliphatic heterocycles. The largest absolute Gasteiger partial charge is 0.468 e. The molecule has 0 aromatic carbocycles. The minimum absolute atomic E-state index is 0.118. The third kappa shape index (κ3) is 7.76. The molecule has 5 atom stereocenters. The van der Waals surface area contributed by atoms with Gasteiger partial charge in [0.2, 0.25) is 0 Å². The lowest BCUT2D eigenvalue weighted by Crippen LogP contribution is -2.41. The van der Waals surface area contributed by atoms with Crippen molar-refractivity contribution in [2.24, 2.45) is 11.0 Å². The second-order valence-corrected chi connectivity index (χ2v) is 10.2. The SMILES string of the molecule is CCCCOP(=O)(N[C@H](C(=O)OC)C(C)C)OC[C@H]1O[C@@H](n2cc(C)c(=O)[nH]c2=O)C[C@@H]1N=[N+]=[N-]. The average molecular weight is 516 g/mol. The van der Waals surface area contributed by atoms with Crippen LogP contribution in [0.3, 0.4) is 0 Å². The molecule has 2 N–H and O–H groups in total. The van der Waals surface area contributed by atoms with Gasteiger partial charge in [0, 0.05) is 23.1 Å². The lowest BCUT2D eigenvalue weighted by atomic mass is 10.1. The van der Waals surface area contributed by atoms with E-state index in [4.69, 9.17) is 24.1 Å². The Morgan fingerprint density at radius 3 is 2.74 bits per heavy atom. The molecule has 35 heavy (non-hydrogen) atoms. The van der Waals surface area contributed by atoms with Crippen molar-refractivity contribution in [2.45, 2.75) is 71.4 Å². The summed E-state index contributed by atoms with van der Waals surface area (Å²) < 4.78 is 36.5. The zero-order valence-corrected chi connectivity index (χ0v) is 21.4. The number of hydrogen-bond donors (Lipinski definition) is 2. The molecule has 2 heterocycles. The molecule has 14 nitrogen and oxygen atoms in total. The molecule has 15 heteroatoms. The van der Waals surface area contributed by atoms with Gasteiger partial charge in [-0.05, 0) is 24.8 Å². The lowest BCUT2D eigenvalue weighted by molar-refractivity contribution is -0.143. The number of H-pyrrole nitrogens is 1. The van der Waals surface area contributed by atoms with Gasteiger partial charge in [-0.2, -0.15) is 0 Å². The Morgan fingerprint density at radius 1 is 1.43 bits per heavy atom. The number of hydrogen-bond acceptors (Lipinski definition) is 9. The molecule has 0 radical (unpaired) electrons. The Kier molecular flexibility index (Phi) is 10.7. The molecule has 1 unspecified atom stereocenters. The van der Waals surface area contributed by atoms with Crippen LogP contribution in [0.1, 0.15) is 51.8 Å². The zero-order chi connectivity index (χ0) is 26.2. The quantitative estimate of drug-likeness (QED) is 0.0991. The molecule has 1 aliphatic rings. The minimum atomic E-state index is -4.02. The van der Waals surface area contributed by atoms with Crippen molar-refractivity contribution in [3.05, 3.63) is 43.0 Å². The van der Waals surface area contributed by atoms with Crippen molar-refractivity contribution in [1.82, 2.24) is 14.6 Å². The van der Waals surface area contributed by atoms with E-state index in [0.29, 0.717) is 12.0 Å². The predicted molar refractivity (Wildman–Crippen MR) is 126 cm³/mol. The number of ether oxygens (including phenoxy) is 2. The summed E-state index contributed by atoms with van der Waals surface area (Å²) in [6.45, 7) is 6.77. The number of nitrogens with one attached hydrogen (secondary N) is 2. The molecular weight excluding hydrogens is 483 g/mol. The summed E-state index contributed by atoms with van der Waals surface area (Å²) in [5, 5.41) is 6.38. The highest BCUT2D eigenvalue weighted by Crippen LogP contribution is 2.46. The van der Waals surface area contributed by atoms with Crippen molar-refractivity contribution in [3.8, 4) is 0 Å². The van der Waals surface area contributed by atoms with Crippen molar-refractivity contribution in [3.63, 3.8) is 0 Å². The fourth-order valence-corrected chi connectivity index (χ4v) is 5.09. The van der Waals surface area contributed by atoms with E-state index >= 15 is 0 Å². The molecule has 1 aromatic rings. The fraction of sp³-hybridized carbons (Fsp3) is 0.750. The first-order chi connectivity index (χ1) is 16.5. The summed E-state index contributed by atoms with van der Waals surface area (Å²) >= 11 is 0. The van der Waals surface area contributed by atoms with Gasteiger partial charge in [0.15, 0.2) is 0 Å². The van der Waals surface area contributed by atoms with E-state index in [-0.39, 0.29) is 25.6 Å². The maximum atomic E-state index is 13.5. The fourth-order valence-electron chi connectivity index (χ4n) is 3.41. The molecule has 0 bridgehead atoms. The van der Waals surface area contributed by atoms with Crippen LogP contribution in [0.4, 0.5) is 0 Å². The molecule has 0 aliphatic carbocycles. The standard InChI is InChI=1S/C20H33N6O8P/c1-6-7-8-32-35(30,24-17(12(2)3)19(28)31-5)33-11-15-14(23-25-21)9-16(34-15)26-10-13(4)18(27)22-20(26)29/h10,12,14-17H,6-9,11H2,1-5H3,(H,24,30)(H,22,27,29)/t14-,15+,16+,17-,35?/m0/s1. The summed E-state index contributed by atoms with van der Waals surface area (Å²) in [6.07, 6.45) is 1.13. The maximum Gasteiger partial charge on any atom is 0.406 e. The number of aromatic nitrogens is 2. The highest BCUT2D eigenvalue weighted by Gasteiger charge is 2.40. The number of aromatic amines is 1. The summed E-state index contributed by atoms with van der Waals surface area (Å²) in [7, 11) is -2.80. The molecular formula is C20H33N6O8P. The van der Waals surface area contributed by atoms with E-state index in [1.807, 2.05) is 6.92 Å². The Labute approximate surface area is 202 Å². The Bertz CT molecular complexity index is 1080. The third-order valence-electron chi connectivity index (χ3n) is 5.45. The van der Waals surface area contributed by atoms with Crippen LogP contribution < -0.4 is 16.3 Å². The number of rotatable bonds is 13. The summed E-state index contributed by atoms with van der Waals surface area (Å²) in [5.41, 5.74) is 8.08. The lowest BCUT2D eigenvalue weighted by Gasteiger charge is -2.27. The highest BCUT2D eigenvalue weighted by molar-refractivity contribution is 7.51. The molecule has 1 saturated heterocycles. The number of carbonyl (C=O) groups excluding carboxylic acids is 1. The number of esters is 1. The van der Waals surface area contributed by atoms with Crippen LogP contribution >= 0.6 is 7.75 Å². The first kappa shape index (κ1) is 28.8.